The van der Waals surface area contributed by atoms with Gasteiger partial charge >= 0.3 is 0 Å². The molecule has 1 N–H and O–H groups in total. The second-order valence-corrected chi connectivity index (χ2v) is 5.82. The number of hydrogen-bond acceptors (Lipinski definition) is 4. The highest BCUT2D eigenvalue weighted by molar-refractivity contribution is 5.92. The third-order valence-electron chi connectivity index (χ3n) is 3.55. The Bertz CT molecular complexity index is 490. The summed E-state index contributed by atoms with van der Waals surface area (Å²) >= 11 is 0. The molecule has 6 heteroatoms. The fraction of sp³-hybridized carbons (Fsp3) is 0.600. The molecule has 6 nitrogen and oxygen atoms in total. The smallest absolute Gasteiger partial charge is 0.274 e. The lowest BCUT2D eigenvalue weighted by molar-refractivity contribution is -0.126. The lowest BCUT2D eigenvalue weighted by Gasteiger charge is -2.31. The molecule has 0 saturated carbocycles. The number of rotatable bonds is 4. The van der Waals surface area contributed by atoms with Crippen LogP contribution in [0.1, 0.15) is 37.2 Å². The van der Waals surface area contributed by atoms with Crippen LogP contribution in [0.3, 0.4) is 0 Å². The summed E-state index contributed by atoms with van der Waals surface area (Å²) < 4.78 is 0. The lowest BCUT2D eigenvalue weighted by atomic mass is 9.96. The molecule has 1 unspecified atom stereocenters. The third-order valence-corrected chi connectivity index (χ3v) is 3.55. The quantitative estimate of drug-likeness (QED) is 0.901. The summed E-state index contributed by atoms with van der Waals surface area (Å²) in [6, 6.07) is 0. The fourth-order valence-corrected chi connectivity index (χ4v) is 2.40. The molecule has 1 aliphatic heterocycles. The standard InChI is InChI=1S/C15H22N4O2/c1-11(2)8-18-14(20)12-4-3-7-19(10-12)15(21)13-9-16-5-6-17-13/h5-6,9,11-12H,3-4,7-8,10H2,1-2H3,(H,18,20). The van der Waals surface area contributed by atoms with Crippen LogP contribution in [-0.2, 0) is 4.79 Å². The van der Waals surface area contributed by atoms with E-state index in [9.17, 15) is 9.59 Å². The molecule has 1 aromatic heterocycles. The van der Waals surface area contributed by atoms with Crippen LogP contribution >= 0.6 is 0 Å². The van der Waals surface area contributed by atoms with Crippen LogP contribution in [0.2, 0.25) is 0 Å². The lowest BCUT2D eigenvalue weighted by Crippen LogP contribution is -2.46. The van der Waals surface area contributed by atoms with Crippen molar-refractivity contribution in [1.29, 1.82) is 0 Å². The minimum absolute atomic E-state index is 0.0420. The Labute approximate surface area is 125 Å². The number of piperidine rings is 1. The molecule has 114 valence electrons. The van der Waals surface area contributed by atoms with Crippen molar-refractivity contribution in [1.82, 2.24) is 20.2 Å². The van der Waals surface area contributed by atoms with Gasteiger partial charge in [0.1, 0.15) is 5.69 Å². The Hall–Kier alpha value is -1.98. The highest BCUT2D eigenvalue weighted by Gasteiger charge is 2.29. The van der Waals surface area contributed by atoms with Gasteiger partial charge in [0.15, 0.2) is 0 Å². The number of aromatic nitrogens is 2. The van der Waals surface area contributed by atoms with Gasteiger partial charge in [0.05, 0.1) is 12.1 Å². The first-order valence-corrected chi connectivity index (χ1v) is 7.41. The molecule has 0 radical (unpaired) electrons. The molecule has 1 fully saturated rings. The molecule has 2 amide bonds. The van der Waals surface area contributed by atoms with Gasteiger partial charge in [-0.2, -0.15) is 0 Å². The summed E-state index contributed by atoms with van der Waals surface area (Å²) in [5.74, 6) is 0.192. The van der Waals surface area contributed by atoms with Gasteiger partial charge in [0, 0.05) is 32.0 Å². The van der Waals surface area contributed by atoms with E-state index in [1.165, 1.54) is 18.6 Å². The van der Waals surface area contributed by atoms with E-state index in [2.05, 4.69) is 29.1 Å². The number of nitrogens with one attached hydrogen (secondary N) is 1. The van der Waals surface area contributed by atoms with Crippen molar-refractivity contribution in [3.05, 3.63) is 24.3 Å². The molecule has 1 aromatic rings. The molecular formula is C15H22N4O2. The van der Waals surface area contributed by atoms with Crippen molar-refractivity contribution < 1.29 is 9.59 Å². The van der Waals surface area contributed by atoms with E-state index in [0.717, 1.165) is 12.8 Å². The second kappa shape index (κ2) is 7.15. The zero-order valence-corrected chi connectivity index (χ0v) is 12.6. The van der Waals surface area contributed by atoms with Crippen molar-refractivity contribution in [2.75, 3.05) is 19.6 Å². The molecule has 21 heavy (non-hydrogen) atoms. The maximum absolute atomic E-state index is 12.3. The summed E-state index contributed by atoms with van der Waals surface area (Å²) in [6.07, 6.45) is 6.17. The summed E-state index contributed by atoms with van der Waals surface area (Å²) in [5, 5.41) is 2.95. The SMILES string of the molecule is CC(C)CNC(=O)C1CCCN(C(=O)c2cnccn2)C1. The molecule has 1 atom stereocenters. The Morgan fingerprint density at radius 2 is 2.24 bits per heavy atom. The van der Waals surface area contributed by atoms with E-state index >= 15 is 0 Å². The molecule has 0 bridgehead atoms. The van der Waals surface area contributed by atoms with Gasteiger partial charge in [-0.05, 0) is 18.8 Å². The maximum atomic E-state index is 12.3. The van der Waals surface area contributed by atoms with Gasteiger partial charge in [-0.1, -0.05) is 13.8 Å². The molecule has 0 aromatic carbocycles. The Morgan fingerprint density at radius 1 is 1.43 bits per heavy atom. The summed E-state index contributed by atoms with van der Waals surface area (Å²) in [4.78, 5) is 34.1. The summed E-state index contributed by atoms with van der Waals surface area (Å²) in [7, 11) is 0. The van der Waals surface area contributed by atoms with Crippen LogP contribution in [0, 0.1) is 11.8 Å². The number of likely N-dealkylation sites (tertiary alicyclic amines) is 1. The number of amides is 2. The number of nitrogens with zero attached hydrogens (tertiary/aromatic N) is 3. The van der Waals surface area contributed by atoms with Gasteiger partial charge in [0.25, 0.3) is 5.91 Å². The molecule has 1 aliphatic rings. The summed E-state index contributed by atoms with van der Waals surface area (Å²) in [6.45, 7) is 5.92. The molecular weight excluding hydrogens is 268 g/mol. The minimum Gasteiger partial charge on any atom is -0.356 e. The van der Waals surface area contributed by atoms with Crippen LogP contribution in [0.25, 0.3) is 0 Å². The molecule has 2 heterocycles. The predicted molar refractivity (Wildman–Crippen MR) is 78.5 cm³/mol. The van der Waals surface area contributed by atoms with Crippen LogP contribution in [0.4, 0.5) is 0 Å². The third kappa shape index (κ3) is 4.24. The van der Waals surface area contributed by atoms with E-state index < -0.39 is 0 Å². The Morgan fingerprint density at radius 3 is 2.90 bits per heavy atom. The first kappa shape index (κ1) is 15.4. The first-order chi connectivity index (χ1) is 10.1. The normalized spacial score (nSPS) is 18.6. The van der Waals surface area contributed by atoms with E-state index in [-0.39, 0.29) is 17.7 Å². The second-order valence-electron chi connectivity index (χ2n) is 5.82. The van der Waals surface area contributed by atoms with Crippen molar-refractivity contribution in [3.8, 4) is 0 Å². The minimum atomic E-state index is -0.149. The largest absolute Gasteiger partial charge is 0.356 e. The molecule has 1 saturated heterocycles. The number of hydrogen-bond donors (Lipinski definition) is 1. The van der Waals surface area contributed by atoms with Crippen LogP contribution < -0.4 is 5.32 Å². The van der Waals surface area contributed by atoms with Gasteiger partial charge in [-0.25, -0.2) is 4.98 Å². The average molecular weight is 290 g/mol. The summed E-state index contributed by atoms with van der Waals surface area (Å²) in [5.41, 5.74) is 0.334. The van der Waals surface area contributed by atoms with Crippen LogP contribution in [0.15, 0.2) is 18.6 Å². The molecule has 0 aliphatic carbocycles. The Balaban J connectivity index is 1.94. The van der Waals surface area contributed by atoms with Gasteiger partial charge in [0.2, 0.25) is 5.91 Å². The zero-order chi connectivity index (χ0) is 15.2. The maximum Gasteiger partial charge on any atom is 0.274 e. The van der Waals surface area contributed by atoms with Gasteiger partial charge in [-0.15, -0.1) is 0 Å². The zero-order valence-electron chi connectivity index (χ0n) is 12.6. The predicted octanol–water partition coefficient (Wildman–Crippen LogP) is 1.10. The van der Waals surface area contributed by atoms with Crippen molar-refractivity contribution >= 4 is 11.8 Å². The number of carbonyl (C=O) groups is 2. The first-order valence-electron chi connectivity index (χ1n) is 7.41. The van der Waals surface area contributed by atoms with E-state index in [0.29, 0.717) is 31.2 Å². The fourth-order valence-electron chi connectivity index (χ4n) is 2.40. The Kier molecular flexibility index (Phi) is 5.25. The van der Waals surface area contributed by atoms with Gasteiger partial charge in [-0.3, -0.25) is 14.6 Å². The monoisotopic (exact) mass is 290 g/mol. The van der Waals surface area contributed by atoms with Crippen LogP contribution in [-0.4, -0.2) is 46.3 Å². The van der Waals surface area contributed by atoms with Crippen LogP contribution in [0.5, 0.6) is 0 Å². The van der Waals surface area contributed by atoms with E-state index in [1.807, 2.05) is 0 Å². The van der Waals surface area contributed by atoms with Crippen molar-refractivity contribution in [3.63, 3.8) is 0 Å². The van der Waals surface area contributed by atoms with Crippen molar-refractivity contribution in [2.45, 2.75) is 26.7 Å². The molecule has 2 rings (SSSR count). The number of carbonyl (C=O) groups excluding carboxylic acids is 2. The average Bonchev–Trinajstić information content (AvgIpc) is 2.52. The van der Waals surface area contributed by atoms with Gasteiger partial charge < -0.3 is 10.2 Å². The topological polar surface area (TPSA) is 75.2 Å². The van der Waals surface area contributed by atoms with Crippen molar-refractivity contribution in [2.24, 2.45) is 11.8 Å². The van der Waals surface area contributed by atoms with E-state index in [1.54, 1.807) is 4.90 Å². The van der Waals surface area contributed by atoms with E-state index in [4.69, 9.17) is 0 Å². The highest BCUT2D eigenvalue weighted by Crippen LogP contribution is 2.18. The highest BCUT2D eigenvalue weighted by atomic mass is 16.2. The molecule has 0 spiro atoms.